The van der Waals surface area contributed by atoms with E-state index in [1.165, 1.54) is 37.4 Å². The minimum atomic E-state index is -4.82. The number of fused-ring (bicyclic) bond motifs is 1. The summed E-state index contributed by atoms with van der Waals surface area (Å²) in [6.07, 6.45) is -4.21. The predicted molar refractivity (Wildman–Crippen MR) is 146 cm³/mol. The molecule has 1 N–H and O–H groups in total. The molecule has 0 radical (unpaired) electrons. The molecule has 2 aromatic heterocycles. The lowest BCUT2D eigenvalue weighted by atomic mass is 10.1. The summed E-state index contributed by atoms with van der Waals surface area (Å²) in [7, 11) is 6.83. The number of nitrogens with one attached hydrogen (secondary N) is 1. The molecule has 0 amide bonds. The van der Waals surface area contributed by atoms with Crippen LogP contribution in [0, 0.1) is 28.4 Å². The Balaban J connectivity index is 1.82. The lowest BCUT2D eigenvalue weighted by Gasteiger charge is -2.23. The Morgan fingerprint density at radius 3 is 2.54 bits per heavy atom. The Labute approximate surface area is 232 Å². The predicted octanol–water partition coefficient (Wildman–Crippen LogP) is 4.67. The van der Waals surface area contributed by atoms with E-state index in [9.17, 15) is 28.5 Å². The van der Waals surface area contributed by atoms with Crippen LogP contribution in [-0.4, -0.2) is 70.9 Å². The van der Waals surface area contributed by atoms with E-state index in [0.29, 0.717) is 47.1 Å². The summed E-state index contributed by atoms with van der Waals surface area (Å²) < 4.78 is 48.5. The van der Waals surface area contributed by atoms with Crippen molar-refractivity contribution in [2.75, 3.05) is 51.6 Å². The minimum absolute atomic E-state index is 0.0786. The number of aromatic nitrogens is 4. The van der Waals surface area contributed by atoms with E-state index in [1.54, 1.807) is 18.9 Å². The number of halogens is 3. The molecule has 15 heteroatoms. The molecule has 0 aliphatic rings. The quantitative estimate of drug-likeness (QED) is 0.223. The molecule has 2 heterocycles. The van der Waals surface area contributed by atoms with Gasteiger partial charge < -0.3 is 19.9 Å². The van der Waals surface area contributed by atoms with Crippen LogP contribution in [0.15, 0.2) is 36.5 Å². The van der Waals surface area contributed by atoms with Gasteiger partial charge in [0.25, 0.3) is 5.69 Å². The first-order chi connectivity index (χ1) is 19.3. The van der Waals surface area contributed by atoms with Crippen LogP contribution in [0.2, 0.25) is 0 Å². The largest absolute Gasteiger partial charge is 0.494 e. The second kappa shape index (κ2) is 11.3. The smallest absolute Gasteiger partial charge is 0.421 e. The fourth-order valence-corrected chi connectivity index (χ4v) is 4.16. The molecule has 0 unspecified atom stereocenters. The lowest BCUT2D eigenvalue weighted by molar-refractivity contribution is -0.384. The summed E-state index contributed by atoms with van der Waals surface area (Å²) in [5.41, 5.74) is -0.0000273. The molecule has 0 spiro atoms. The molecule has 0 fully saturated rings. The molecule has 2 aromatic carbocycles. The van der Waals surface area contributed by atoms with Gasteiger partial charge in [0.1, 0.15) is 17.0 Å². The summed E-state index contributed by atoms with van der Waals surface area (Å²) >= 11 is 0. The fraction of sp³-hybridized carbons (Fsp3) is 0.308. The number of aryl methyl sites for hydroxylation is 1. The first kappa shape index (κ1) is 29.0. The van der Waals surface area contributed by atoms with Crippen LogP contribution in [0.1, 0.15) is 16.8 Å². The summed E-state index contributed by atoms with van der Waals surface area (Å²) in [5.74, 6) is -0.646. The molecule has 214 valence electrons. The molecule has 0 aliphatic carbocycles. The third-order valence-electron chi connectivity index (χ3n) is 6.30. The number of likely N-dealkylation sites (N-methyl/N-ethyl adjacent to an activating group) is 2. The van der Waals surface area contributed by atoms with E-state index < -0.39 is 22.5 Å². The maximum atomic E-state index is 14.0. The number of nitro groups is 1. The molecule has 0 saturated heterocycles. The zero-order valence-corrected chi connectivity index (χ0v) is 22.8. The second-order valence-corrected chi connectivity index (χ2v) is 9.42. The van der Waals surface area contributed by atoms with Gasteiger partial charge in [-0.2, -0.15) is 28.5 Å². The standard InChI is InChI=1S/C26H26F3N9O3/c1-15-17-10-16(13-30)6-7-20(17)37(34-15)24-18(26(27,28)29)14-31-25(33-24)32-19-11-22(38(39)40)21(12-23(19)41-5)36(4)9-8-35(2)3/h6-7,10-12,14H,8-9H2,1-5H3,(H,31,32,33). The van der Waals surface area contributed by atoms with Crippen LogP contribution < -0.4 is 15.0 Å². The first-order valence-corrected chi connectivity index (χ1v) is 12.2. The lowest BCUT2D eigenvalue weighted by Crippen LogP contribution is -2.29. The van der Waals surface area contributed by atoms with Crippen molar-refractivity contribution in [2.45, 2.75) is 13.1 Å². The number of hydrogen-bond acceptors (Lipinski definition) is 10. The highest BCUT2D eigenvalue weighted by molar-refractivity contribution is 5.85. The van der Waals surface area contributed by atoms with E-state index in [4.69, 9.17) is 4.74 Å². The number of nitrogens with zero attached hydrogens (tertiary/aromatic N) is 8. The van der Waals surface area contributed by atoms with Crippen molar-refractivity contribution in [1.82, 2.24) is 24.6 Å². The normalized spacial score (nSPS) is 11.5. The zero-order valence-electron chi connectivity index (χ0n) is 22.8. The van der Waals surface area contributed by atoms with Crippen molar-refractivity contribution >= 4 is 33.9 Å². The molecule has 0 bridgehead atoms. The van der Waals surface area contributed by atoms with Crippen LogP contribution in [-0.2, 0) is 6.18 Å². The van der Waals surface area contributed by atoms with E-state index in [1.807, 2.05) is 25.1 Å². The van der Waals surface area contributed by atoms with Gasteiger partial charge in [-0.25, -0.2) is 9.67 Å². The molecule has 12 nitrogen and oxygen atoms in total. The molecular weight excluding hydrogens is 543 g/mol. The van der Waals surface area contributed by atoms with Crippen LogP contribution in [0.3, 0.4) is 0 Å². The van der Waals surface area contributed by atoms with Crippen LogP contribution in [0.4, 0.5) is 36.2 Å². The van der Waals surface area contributed by atoms with Gasteiger partial charge in [0.05, 0.1) is 40.6 Å². The number of alkyl halides is 3. The van der Waals surface area contributed by atoms with Crippen LogP contribution >= 0.6 is 0 Å². The number of nitro benzene ring substituents is 1. The van der Waals surface area contributed by atoms with E-state index in [-0.39, 0.29) is 23.1 Å². The second-order valence-electron chi connectivity index (χ2n) is 9.42. The van der Waals surface area contributed by atoms with Gasteiger partial charge in [0.2, 0.25) is 5.95 Å². The summed E-state index contributed by atoms with van der Waals surface area (Å²) in [6.45, 7) is 2.73. The van der Waals surface area contributed by atoms with Gasteiger partial charge >= 0.3 is 6.18 Å². The maximum Gasteiger partial charge on any atom is 0.421 e. The summed E-state index contributed by atoms with van der Waals surface area (Å²) in [5, 5.41) is 28.7. The van der Waals surface area contributed by atoms with E-state index in [0.717, 1.165) is 4.68 Å². The van der Waals surface area contributed by atoms with E-state index >= 15 is 0 Å². The van der Waals surface area contributed by atoms with Gasteiger partial charge in [0, 0.05) is 43.9 Å². The highest BCUT2D eigenvalue weighted by Gasteiger charge is 2.37. The number of benzene rings is 2. The van der Waals surface area contributed by atoms with Gasteiger partial charge in [-0.1, -0.05) is 0 Å². The molecular formula is C26H26F3N9O3. The summed E-state index contributed by atoms with van der Waals surface area (Å²) in [6, 6.07) is 9.17. The molecule has 41 heavy (non-hydrogen) atoms. The maximum absolute atomic E-state index is 14.0. The number of anilines is 3. The van der Waals surface area contributed by atoms with Gasteiger partial charge in [-0.05, 0) is 39.2 Å². The third-order valence-corrected chi connectivity index (χ3v) is 6.30. The molecule has 0 aliphatic heterocycles. The molecule has 4 rings (SSSR count). The van der Waals surface area contributed by atoms with Crippen molar-refractivity contribution < 1.29 is 22.8 Å². The van der Waals surface area contributed by atoms with Gasteiger partial charge in [-0.15, -0.1) is 0 Å². The molecule has 0 atom stereocenters. The number of rotatable bonds is 9. The number of methoxy groups -OCH3 is 1. The SMILES string of the molecule is COc1cc(N(C)CCN(C)C)c([N+](=O)[O-])cc1Nc1ncc(C(F)(F)F)c(-n2nc(C)c3cc(C#N)ccc32)n1. The Kier molecular flexibility index (Phi) is 7.97. The van der Waals surface area contributed by atoms with Crippen LogP contribution in [0.25, 0.3) is 16.7 Å². The average Bonchev–Trinajstić information content (AvgIpc) is 3.26. The van der Waals surface area contributed by atoms with Gasteiger partial charge in [-0.3, -0.25) is 10.1 Å². The third kappa shape index (κ3) is 5.97. The highest BCUT2D eigenvalue weighted by atomic mass is 19.4. The van der Waals surface area contributed by atoms with E-state index in [2.05, 4.69) is 20.4 Å². The topological polar surface area (TPSA) is 138 Å². The monoisotopic (exact) mass is 569 g/mol. The van der Waals surface area contributed by atoms with Crippen molar-refractivity contribution in [1.29, 1.82) is 5.26 Å². The average molecular weight is 570 g/mol. The van der Waals surface area contributed by atoms with Crippen molar-refractivity contribution in [3.05, 3.63) is 63.5 Å². The molecule has 0 saturated carbocycles. The van der Waals surface area contributed by atoms with Crippen molar-refractivity contribution in [2.24, 2.45) is 0 Å². The van der Waals surface area contributed by atoms with Gasteiger partial charge in [0.15, 0.2) is 5.82 Å². The fourth-order valence-electron chi connectivity index (χ4n) is 4.16. The highest BCUT2D eigenvalue weighted by Crippen LogP contribution is 2.40. The number of ether oxygens (including phenoxy) is 1. The zero-order chi connectivity index (χ0) is 30.1. The molecule has 4 aromatic rings. The summed E-state index contributed by atoms with van der Waals surface area (Å²) in [4.78, 5) is 23.0. The Bertz CT molecular complexity index is 1660. The Morgan fingerprint density at radius 2 is 1.93 bits per heavy atom. The Morgan fingerprint density at radius 1 is 1.20 bits per heavy atom. The number of nitriles is 1. The van der Waals surface area contributed by atoms with Crippen molar-refractivity contribution in [3.8, 4) is 17.6 Å². The van der Waals surface area contributed by atoms with Crippen molar-refractivity contribution in [3.63, 3.8) is 0 Å². The van der Waals surface area contributed by atoms with Crippen LogP contribution in [0.5, 0.6) is 5.75 Å². The Hall–Kier alpha value is -4.97. The first-order valence-electron chi connectivity index (χ1n) is 12.2. The minimum Gasteiger partial charge on any atom is -0.494 e. The number of hydrogen-bond donors (Lipinski definition) is 1.